The first-order chi connectivity index (χ1) is 9.22. The molecule has 0 bridgehead atoms. The fourth-order valence-electron chi connectivity index (χ4n) is 1.57. The second-order valence-electron chi connectivity index (χ2n) is 4.33. The Labute approximate surface area is 123 Å². The van der Waals surface area contributed by atoms with Gasteiger partial charge >= 0.3 is 0 Å². The van der Waals surface area contributed by atoms with Crippen molar-refractivity contribution in [2.24, 2.45) is 0 Å². The summed E-state index contributed by atoms with van der Waals surface area (Å²) in [7, 11) is 1.70. The van der Waals surface area contributed by atoms with E-state index < -0.39 is 6.10 Å². The van der Waals surface area contributed by atoms with Gasteiger partial charge in [0.25, 0.3) is 0 Å². The van der Waals surface area contributed by atoms with E-state index in [2.05, 4.69) is 21.2 Å². The Kier molecular flexibility index (Phi) is 8.82. The van der Waals surface area contributed by atoms with Crippen LogP contribution in [-0.4, -0.2) is 44.6 Å². The van der Waals surface area contributed by atoms with Crippen LogP contribution in [0.5, 0.6) is 5.75 Å². The molecule has 0 amide bonds. The number of aliphatic hydroxyl groups excluding tert-OH is 1. The molecule has 108 valence electrons. The molecule has 2 N–H and O–H groups in total. The molecule has 1 atom stereocenters. The van der Waals surface area contributed by atoms with Crippen LogP contribution in [0.15, 0.2) is 28.7 Å². The molecule has 5 heteroatoms. The third kappa shape index (κ3) is 8.21. The number of aliphatic hydroxyl groups is 1. The largest absolute Gasteiger partial charge is 0.491 e. The number of hydrogen-bond donors (Lipinski definition) is 2. The zero-order chi connectivity index (χ0) is 13.9. The van der Waals surface area contributed by atoms with Crippen molar-refractivity contribution in [1.82, 2.24) is 5.32 Å². The number of ether oxygens (including phenoxy) is 2. The van der Waals surface area contributed by atoms with Crippen LogP contribution in [0.1, 0.15) is 12.8 Å². The number of rotatable bonds is 10. The quantitative estimate of drug-likeness (QED) is 0.645. The van der Waals surface area contributed by atoms with Gasteiger partial charge in [0.05, 0.1) is 0 Å². The zero-order valence-electron chi connectivity index (χ0n) is 11.3. The van der Waals surface area contributed by atoms with Gasteiger partial charge in [0, 0.05) is 24.7 Å². The molecule has 0 saturated heterocycles. The van der Waals surface area contributed by atoms with E-state index in [1.54, 1.807) is 7.11 Å². The van der Waals surface area contributed by atoms with Crippen LogP contribution in [-0.2, 0) is 4.74 Å². The minimum atomic E-state index is -0.499. The number of benzene rings is 1. The van der Waals surface area contributed by atoms with Crippen molar-refractivity contribution in [2.45, 2.75) is 18.9 Å². The fourth-order valence-corrected chi connectivity index (χ4v) is 1.95. The SMILES string of the molecule is COCCCCNCC(O)COc1cccc(Br)c1. The molecule has 0 aliphatic heterocycles. The fraction of sp³-hybridized carbons (Fsp3) is 0.571. The summed E-state index contributed by atoms with van der Waals surface area (Å²) in [6.07, 6.45) is 1.59. The van der Waals surface area contributed by atoms with Crippen LogP contribution in [0.4, 0.5) is 0 Å². The number of nitrogens with one attached hydrogen (secondary N) is 1. The molecule has 0 aliphatic carbocycles. The monoisotopic (exact) mass is 331 g/mol. The van der Waals surface area contributed by atoms with Gasteiger partial charge in [0.2, 0.25) is 0 Å². The van der Waals surface area contributed by atoms with E-state index in [4.69, 9.17) is 9.47 Å². The van der Waals surface area contributed by atoms with Crippen molar-refractivity contribution < 1.29 is 14.6 Å². The van der Waals surface area contributed by atoms with Crippen molar-refractivity contribution in [3.8, 4) is 5.75 Å². The summed E-state index contributed by atoms with van der Waals surface area (Å²) in [6, 6.07) is 7.59. The number of methoxy groups -OCH3 is 1. The minimum absolute atomic E-state index is 0.293. The first-order valence-corrected chi connectivity index (χ1v) is 7.27. The van der Waals surface area contributed by atoms with Crippen LogP contribution in [0.25, 0.3) is 0 Å². The molecule has 19 heavy (non-hydrogen) atoms. The van der Waals surface area contributed by atoms with Gasteiger partial charge in [-0.05, 0) is 37.6 Å². The molecule has 0 aromatic heterocycles. The highest BCUT2D eigenvalue weighted by Gasteiger charge is 2.04. The van der Waals surface area contributed by atoms with E-state index in [-0.39, 0.29) is 0 Å². The maximum absolute atomic E-state index is 9.76. The molecule has 4 nitrogen and oxygen atoms in total. The normalized spacial score (nSPS) is 12.4. The highest BCUT2D eigenvalue weighted by Crippen LogP contribution is 2.17. The molecule has 1 rings (SSSR count). The first-order valence-electron chi connectivity index (χ1n) is 6.48. The van der Waals surface area contributed by atoms with Gasteiger partial charge in [-0.25, -0.2) is 0 Å². The molecule has 1 aromatic carbocycles. The summed E-state index contributed by atoms with van der Waals surface area (Å²) >= 11 is 3.38. The van der Waals surface area contributed by atoms with Crippen molar-refractivity contribution in [2.75, 3.05) is 33.4 Å². The molecular weight excluding hydrogens is 310 g/mol. The Bertz CT molecular complexity index is 349. The van der Waals surface area contributed by atoms with Gasteiger partial charge in [-0.1, -0.05) is 22.0 Å². The maximum atomic E-state index is 9.76. The standard InChI is InChI=1S/C14H22BrNO3/c1-18-8-3-2-7-16-10-13(17)11-19-14-6-4-5-12(15)9-14/h4-6,9,13,16-17H,2-3,7-8,10-11H2,1H3. The van der Waals surface area contributed by atoms with E-state index >= 15 is 0 Å². The van der Waals surface area contributed by atoms with Crippen molar-refractivity contribution >= 4 is 15.9 Å². The highest BCUT2D eigenvalue weighted by molar-refractivity contribution is 9.10. The van der Waals surface area contributed by atoms with Gasteiger partial charge in [-0.3, -0.25) is 0 Å². The van der Waals surface area contributed by atoms with E-state index in [0.29, 0.717) is 13.2 Å². The summed E-state index contributed by atoms with van der Waals surface area (Å²) < 4.78 is 11.4. The van der Waals surface area contributed by atoms with Crippen molar-refractivity contribution in [3.63, 3.8) is 0 Å². The first kappa shape index (κ1) is 16.4. The van der Waals surface area contributed by atoms with Gasteiger partial charge in [-0.2, -0.15) is 0 Å². The van der Waals surface area contributed by atoms with Gasteiger partial charge in [0.1, 0.15) is 18.5 Å². The van der Waals surface area contributed by atoms with Crippen LogP contribution < -0.4 is 10.1 Å². The van der Waals surface area contributed by atoms with E-state index in [1.165, 1.54) is 0 Å². The molecule has 1 aromatic rings. The number of hydrogen-bond acceptors (Lipinski definition) is 4. The summed E-state index contributed by atoms with van der Waals surface area (Å²) in [4.78, 5) is 0. The molecule has 0 aliphatic rings. The smallest absolute Gasteiger partial charge is 0.120 e. The predicted molar refractivity (Wildman–Crippen MR) is 79.6 cm³/mol. The van der Waals surface area contributed by atoms with E-state index in [0.717, 1.165) is 36.2 Å². The number of halogens is 1. The third-order valence-corrected chi connectivity index (χ3v) is 3.06. The topological polar surface area (TPSA) is 50.7 Å². The molecule has 0 saturated carbocycles. The van der Waals surface area contributed by atoms with Gasteiger partial charge < -0.3 is 19.9 Å². The minimum Gasteiger partial charge on any atom is -0.491 e. The third-order valence-electron chi connectivity index (χ3n) is 2.57. The molecule has 1 unspecified atom stereocenters. The molecule has 0 heterocycles. The second kappa shape index (κ2) is 10.2. The van der Waals surface area contributed by atoms with Gasteiger partial charge in [0.15, 0.2) is 0 Å². The summed E-state index contributed by atoms with van der Waals surface area (Å²) in [5.41, 5.74) is 0. The molecule has 0 radical (unpaired) electrons. The lowest BCUT2D eigenvalue weighted by molar-refractivity contribution is 0.106. The Morgan fingerprint density at radius 3 is 2.95 bits per heavy atom. The molecule has 0 spiro atoms. The predicted octanol–water partition coefficient (Wildman–Crippen LogP) is 2.21. The average Bonchev–Trinajstić information content (AvgIpc) is 2.40. The summed E-state index contributed by atoms with van der Waals surface area (Å²) in [5.74, 6) is 0.758. The van der Waals surface area contributed by atoms with Crippen molar-refractivity contribution in [3.05, 3.63) is 28.7 Å². The van der Waals surface area contributed by atoms with E-state index in [9.17, 15) is 5.11 Å². The van der Waals surface area contributed by atoms with Crippen LogP contribution in [0, 0.1) is 0 Å². The average molecular weight is 332 g/mol. The Hall–Kier alpha value is -0.620. The second-order valence-corrected chi connectivity index (χ2v) is 5.24. The molecular formula is C14H22BrNO3. The van der Waals surface area contributed by atoms with Gasteiger partial charge in [-0.15, -0.1) is 0 Å². The van der Waals surface area contributed by atoms with Crippen LogP contribution >= 0.6 is 15.9 Å². The Morgan fingerprint density at radius 2 is 2.21 bits per heavy atom. The van der Waals surface area contributed by atoms with Crippen molar-refractivity contribution in [1.29, 1.82) is 0 Å². The summed E-state index contributed by atoms with van der Waals surface area (Å²) in [6.45, 7) is 2.51. The number of unbranched alkanes of at least 4 members (excludes halogenated alkanes) is 1. The molecule has 0 fully saturated rings. The lowest BCUT2D eigenvalue weighted by Gasteiger charge is -2.13. The Morgan fingerprint density at radius 1 is 1.37 bits per heavy atom. The van der Waals surface area contributed by atoms with E-state index in [1.807, 2.05) is 24.3 Å². The maximum Gasteiger partial charge on any atom is 0.120 e. The Balaban J connectivity index is 2.06. The lowest BCUT2D eigenvalue weighted by Crippen LogP contribution is -2.32. The summed E-state index contributed by atoms with van der Waals surface area (Å²) in [5, 5.41) is 13.0. The lowest BCUT2D eigenvalue weighted by atomic mass is 10.3. The highest BCUT2D eigenvalue weighted by atomic mass is 79.9. The van der Waals surface area contributed by atoms with Crippen LogP contribution in [0.2, 0.25) is 0 Å². The zero-order valence-corrected chi connectivity index (χ0v) is 12.9. The van der Waals surface area contributed by atoms with Crippen LogP contribution in [0.3, 0.4) is 0 Å².